The van der Waals surface area contributed by atoms with Gasteiger partial charge in [-0.25, -0.2) is 9.97 Å². The summed E-state index contributed by atoms with van der Waals surface area (Å²) in [6.45, 7) is 5.56. The van der Waals surface area contributed by atoms with Crippen LogP contribution < -0.4 is 5.32 Å². The van der Waals surface area contributed by atoms with Crippen molar-refractivity contribution in [1.29, 1.82) is 0 Å². The van der Waals surface area contributed by atoms with Crippen LogP contribution in [0, 0.1) is 3.57 Å². The molecule has 1 aliphatic heterocycles. The number of anilines is 1. The highest BCUT2D eigenvalue weighted by atomic mass is 127. The second-order valence-corrected chi connectivity index (χ2v) is 8.62. The zero-order valence-electron chi connectivity index (χ0n) is 15.3. The summed E-state index contributed by atoms with van der Waals surface area (Å²) in [5.74, 6) is 1.65. The highest BCUT2D eigenvalue weighted by Gasteiger charge is 2.20. The number of fused-ring (bicyclic) bond motifs is 1. The molecule has 1 aromatic heterocycles. The normalized spacial score (nSPS) is 18.0. The summed E-state index contributed by atoms with van der Waals surface area (Å²) in [6, 6.07) is 14.4. The van der Waals surface area contributed by atoms with Gasteiger partial charge in [-0.15, -0.1) is 0 Å². The average molecular weight is 493 g/mol. The summed E-state index contributed by atoms with van der Waals surface area (Å²) in [6.07, 6.45) is 2.39. The largest absolute Gasteiger partial charge is 0.365 e. The van der Waals surface area contributed by atoms with Gasteiger partial charge in [-0.2, -0.15) is 0 Å². The average Bonchev–Trinajstić information content (AvgIpc) is 2.69. The fourth-order valence-corrected chi connectivity index (χ4v) is 4.21. The highest BCUT2D eigenvalue weighted by Crippen LogP contribution is 2.28. The van der Waals surface area contributed by atoms with Gasteiger partial charge in [0, 0.05) is 32.1 Å². The molecule has 0 radical (unpaired) electrons. The van der Waals surface area contributed by atoms with Crippen molar-refractivity contribution in [3.8, 4) is 11.4 Å². The van der Waals surface area contributed by atoms with Crippen molar-refractivity contribution < 1.29 is 0 Å². The summed E-state index contributed by atoms with van der Waals surface area (Å²) < 4.78 is 1.19. The SMILES string of the molecule is CCN1CCCC(Nc2nc(-c3ccc(Cl)cc3)nc3ccc(I)cc23)C1. The molecule has 0 spiro atoms. The first-order valence-electron chi connectivity index (χ1n) is 9.34. The summed E-state index contributed by atoms with van der Waals surface area (Å²) in [5, 5.41) is 5.51. The van der Waals surface area contributed by atoms with Crippen LogP contribution >= 0.6 is 34.2 Å². The van der Waals surface area contributed by atoms with Crippen molar-refractivity contribution in [2.45, 2.75) is 25.8 Å². The fraction of sp³-hybridized carbons (Fsp3) is 0.333. The highest BCUT2D eigenvalue weighted by molar-refractivity contribution is 14.1. The smallest absolute Gasteiger partial charge is 0.162 e. The van der Waals surface area contributed by atoms with Crippen LogP contribution in [0.25, 0.3) is 22.3 Å². The Bertz CT molecular complexity index is 945. The second-order valence-electron chi connectivity index (χ2n) is 6.94. The van der Waals surface area contributed by atoms with Gasteiger partial charge in [-0.3, -0.25) is 0 Å². The second kappa shape index (κ2) is 8.29. The van der Waals surface area contributed by atoms with Crippen molar-refractivity contribution in [2.24, 2.45) is 0 Å². The molecule has 1 fully saturated rings. The molecule has 1 atom stereocenters. The summed E-state index contributed by atoms with van der Waals surface area (Å²) in [5.41, 5.74) is 1.93. The van der Waals surface area contributed by atoms with E-state index in [0.717, 1.165) is 41.2 Å². The van der Waals surface area contributed by atoms with E-state index >= 15 is 0 Å². The van der Waals surface area contributed by atoms with Crippen molar-refractivity contribution in [1.82, 2.24) is 14.9 Å². The van der Waals surface area contributed by atoms with Gasteiger partial charge in [-0.05, 0) is 91.0 Å². The third-order valence-electron chi connectivity index (χ3n) is 5.05. The Morgan fingerprint density at radius 1 is 1.19 bits per heavy atom. The third-order valence-corrected chi connectivity index (χ3v) is 5.98. The minimum absolute atomic E-state index is 0.410. The molecule has 27 heavy (non-hydrogen) atoms. The predicted octanol–water partition coefficient (Wildman–Crippen LogP) is 5.45. The first-order valence-corrected chi connectivity index (χ1v) is 10.8. The fourth-order valence-electron chi connectivity index (χ4n) is 3.59. The van der Waals surface area contributed by atoms with Crippen molar-refractivity contribution in [3.63, 3.8) is 0 Å². The molecule has 0 saturated carbocycles. The number of nitrogens with zero attached hydrogens (tertiary/aromatic N) is 3. The summed E-state index contributed by atoms with van der Waals surface area (Å²) in [4.78, 5) is 12.2. The van der Waals surface area contributed by atoms with Gasteiger partial charge in [-0.1, -0.05) is 18.5 Å². The van der Waals surface area contributed by atoms with Crippen molar-refractivity contribution in [3.05, 3.63) is 51.1 Å². The maximum Gasteiger partial charge on any atom is 0.162 e. The van der Waals surface area contributed by atoms with E-state index in [0.29, 0.717) is 11.1 Å². The Morgan fingerprint density at radius 2 is 2.00 bits per heavy atom. The molecule has 0 aliphatic carbocycles. The molecular weight excluding hydrogens is 471 g/mol. The Balaban J connectivity index is 1.74. The molecule has 4 nitrogen and oxygen atoms in total. The lowest BCUT2D eigenvalue weighted by molar-refractivity contribution is 0.226. The maximum atomic E-state index is 6.04. The number of rotatable bonds is 4. The zero-order chi connectivity index (χ0) is 18.8. The van der Waals surface area contributed by atoms with E-state index in [4.69, 9.17) is 21.6 Å². The van der Waals surface area contributed by atoms with E-state index in [9.17, 15) is 0 Å². The van der Waals surface area contributed by atoms with E-state index in [1.807, 2.05) is 24.3 Å². The van der Waals surface area contributed by atoms with Crippen LogP contribution in [0.3, 0.4) is 0 Å². The molecule has 2 aromatic carbocycles. The van der Waals surface area contributed by atoms with Gasteiger partial charge in [0.1, 0.15) is 5.82 Å². The minimum Gasteiger partial charge on any atom is -0.365 e. The number of hydrogen-bond acceptors (Lipinski definition) is 4. The van der Waals surface area contributed by atoms with E-state index < -0.39 is 0 Å². The third kappa shape index (κ3) is 4.36. The topological polar surface area (TPSA) is 41.0 Å². The van der Waals surface area contributed by atoms with Gasteiger partial charge < -0.3 is 10.2 Å². The maximum absolute atomic E-state index is 6.04. The monoisotopic (exact) mass is 492 g/mol. The Kier molecular flexibility index (Phi) is 5.80. The molecule has 1 aliphatic rings. The lowest BCUT2D eigenvalue weighted by Gasteiger charge is -2.32. The predicted molar refractivity (Wildman–Crippen MR) is 121 cm³/mol. The van der Waals surface area contributed by atoms with Crippen LogP contribution in [-0.2, 0) is 0 Å². The summed E-state index contributed by atoms with van der Waals surface area (Å²) in [7, 11) is 0. The molecule has 1 saturated heterocycles. The van der Waals surface area contributed by atoms with Crippen LogP contribution in [0.15, 0.2) is 42.5 Å². The molecule has 3 aromatic rings. The number of halogens is 2. The van der Waals surface area contributed by atoms with Gasteiger partial charge in [0.15, 0.2) is 5.82 Å². The van der Waals surface area contributed by atoms with E-state index in [-0.39, 0.29) is 0 Å². The number of nitrogens with one attached hydrogen (secondary N) is 1. The minimum atomic E-state index is 0.410. The van der Waals surface area contributed by atoms with Gasteiger partial charge >= 0.3 is 0 Å². The number of benzene rings is 2. The van der Waals surface area contributed by atoms with E-state index in [1.54, 1.807) is 0 Å². The number of likely N-dealkylation sites (tertiary alicyclic amines) is 1. The van der Waals surface area contributed by atoms with Gasteiger partial charge in [0.05, 0.1) is 5.52 Å². The number of aromatic nitrogens is 2. The number of piperidine rings is 1. The number of hydrogen-bond donors (Lipinski definition) is 1. The molecule has 2 heterocycles. The summed E-state index contributed by atoms with van der Waals surface area (Å²) >= 11 is 8.38. The van der Waals surface area contributed by atoms with Crippen LogP contribution in [0.4, 0.5) is 5.82 Å². The lowest BCUT2D eigenvalue weighted by Crippen LogP contribution is -2.42. The van der Waals surface area contributed by atoms with Crippen LogP contribution in [0.1, 0.15) is 19.8 Å². The molecule has 4 rings (SSSR count). The van der Waals surface area contributed by atoms with E-state index in [2.05, 4.69) is 57.9 Å². The first kappa shape index (κ1) is 18.9. The Hall–Kier alpha value is -1.44. The molecular formula is C21H22ClIN4. The van der Waals surface area contributed by atoms with Crippen LogP contribution in [-0.4, -0.2) is 40.5 Å². The Labute approximate surface area is 178 Å². The molecule has 0 amide bonds. The van der Waals surface area contributed by atoms with Gasteiger partial charge in [0.2, 0.25) is 0 Å². The molecule has 1 N–H and O–H groups in total. The molecule has 6 heteroatoms. The standard InChI is InChI=1S/C21H22ClIN4/c1-2-27-11-3-4-17(13-27)24-21-18-12-16(23)9-10-19(18)25-20(26-21)14-5-7-15(22)8-6-14/h5-10,12,17H,2-4,11,13H2,1H3,(H,24,25,26). The first-order chi connectivity index (χ1) is 13.1. The number of likely N-dealkylation sites (N-methyl/N-ethyl adjacent to an activating group) is 1. The van der Waals surface area contributed by atoms with Crippen LogP contribution in [0.2, 0.25) is 5.02 Å². The van der Waals surface area contributed by atoms with Crippen LogP contribution in [0.5, 0.6) is 0 Å². The lowest BCUT2D eigenvalue weighted by atomic mass is 10.1. The molecule has 140 valence electrons. The molecule has 1 unspecified atom stereocenters. The van der Waals surface area contributed by atoms with E-state index in [1.165, 1.54) is 23.0 Å². The Morgan fingerprint density at radius 3 is 2.78 bits per heavy atom. The van der Waals surface area contributed by atoms with Crippen molar-refractivity contribution >= 4 is 50.9 Å². The van der Waals surface area contributed by atoms with Crippen molar-refractivity contribution in [2.75, 3.05) is 25.0 Å². The zero-order valence-corrected chi connectivity index (χ0v) is 18.2. The van der Waals surface area contributed by atoms with Gasteiger partial charge in [0.25, 0.3) is 0 Å². The molecule has 0 bridgehead atoms. The quantitative estimate of drug-likeness (QED) is 0.492.